The lowest BCUT2D eigenvalue weighted by Crippen LogP contribution is -2.33. The maximum absolute atomic E-state index is 3.94. The summed E-state index contributed by atoms with van der Waals surface area (Å²) in [7, 11) is 0. The molecule has 2 aliphatic rings. The summed E-state index contributed by atoms with van der Waals surface area (Å²) in [6.07, 6.45) is 7.66. The Labute approximate surface area is 113 Å². The highest BCUT2D eigenvalue weighted by molar-refractivity contribution is 5.51. The van der Waals surface area contributed by atoms with Crippen LogP contribution in [0.1, 0.15) is 34.1 Å². The molecule has 1 nitrogen and oxygen atoms in total. The van der Waals surface area contributed by atoms with Gasteiger partial charge in [0.2, 0.25) is 0 Å². The van der Waals surface area contributed by atoms with Gasteiger partial charge in [0.15, 0.2) is 0 Å². The molecule has 2 bridgehead atoms. The number of hydrogen-bond acceptors (Lipinski definition) is 1. The average molecular weight is 245 g/mol. The van der Waals surface area contributed by atoms with Crippen LogP contribution in [0.3, 0.4) is 0 Å². The number of likely N-dealkylation sites (N-methyl/N-ethyl adjacent to an activating group) is 1. The Balaban J connectivity index is 0.000000771. The van der Waals surface area contributed by atoms with E-state index >= 15 is 0 Å². The number of hydrogen-bond donors (Lipinski definition) is 0. The Bertz CT molecular complexity index is 373. The van der Waals surface area contributed by atoms with E-state index in [1.165, 1.54) is 29.7 Å². The molecule has 2 rings (SSSR count). The van der Waals surface area contributed by atoms with Gasteiger partial charge in [-0.1, -0.05) is 52.2 Å². The average Bonchev–Trinajstić information content (AvgIpc) is 3.01. The fourth-order valence-electron chi connectivity index (χ4n) is 2.98. The summed E-state index contributed by atoms with van der Waals surface area (Å²) in [6, 6.07) is 0.623. The predicted molar refractivity (Wildman–Crippen MR) is 81.7 cm³/mol. The second-order valence-electron chi connectivity index (χ2n) is 4.73. The molecular formula is C17H27N. The van der Waals surface area contributed by atoms with Crippen molar-refractivity contribution in [3.05, 3.63) is 48.1 Å². The van der Waals surface area contributed by atoms with Crippen molar-refractivity contribution in [2.75, 3.05) is 13.1 Å². The summed E-state index contributed by atoms with van der Waals surface area (Å²) in [6.45, 7) is 18.6. The monoisotopic (exact) mass is 245 g/mol. The highest BCUT2D eigenvalue weighted by Crippen LogP contribution is 2.40. The fourth-order valence-corrected chi connectivity index (χ4v) is 2.98. The smallest absolute Gasteiger partial charge is 0.0357 e. The van der Waals surface area contributed by atoms with Gasteiger partial charge in [-0.3, -0.25) is 4.90 Å². The van der Waals surface area contributed by atoms with Gasteiger partial charge < -0.3 is 0 Å². The lowest BCUT2D eigenvalue weighted by Gasteiger charge is -2.28. The number of allylic oxidation sites excluding steroid dienone is 3. The molecule has 1 aliphatic carbocycles. The van der Waals surface area contributed by atoms with Crippen LogP contribution >= 0.6 is 0 Å². The van der Waals surface area contributed by atoms with Crippen molar-refractivity contribution in [2.45, 2.75) is 40.2 Å². The Morgan fingerprint density at radius 2 is 2.06 bits per heavy atom. The molecule has 0 amide bonds. The molecule has 1 heteroatoms. The molecule has 1 saturated heterocycles. The lowest BCUT2D eigenvalue weighted by molar-refractivity contribution is 0.287. The van der Waals surface area contributed by atoms with E-state index in [-0.39, 0.29) is 0 Å². The van der Waals surface area contributed by atoms with Gasteiger partial charge in [-0.2, -0.15) is 0 Å². The van der Waals surface area contributed by atoms with E-state index in [0.29, 0.717) is 6.04 Å². The van der Waals surface area contributed by atoms with Crippen molar-refractivity contribution in [3.8, 4) is 0 Å². The molecule has 1 fully saturated rings. The van der Waals surface area contributed by atoms with Crippen LogP contribution in [0.4, 0.5) is 0 Å². The van der Waals surface area contributed by atoms with E-state index in [1.54, 1.807) is 0 Å². The summed E-state index contributed by atoms with van der Waals surface area (Å²) in [4.78, 5) is 2.57. The van der Waals surface area contributed by atoms with Crippen LogP contribution in [0.2, 0.25) is 0 Å². The summed E-state index contributed by atoms with van der Waals surface area (Å²) in [5.41, 5.74) is 4.01. The van der Waals surface area contributed by atoms with Crippen molar-refractivity contribution >= 4 is 0 Å². The number of fused-ring (bicyclic) bond motifs is 2. The number of likely N-dealkylation sites (tertiary alicyclic amines) is 1. The number of rotatable bonds is 4. The third kappa shape index (κ3) is 2.67. The highest BCUT2D eigenvalue weighted by atomic mass is 15.2. The zero-order valence-corrected chi connectivity index (χ0v) is 12.4. The Morgan fingerprint density at radius 1 is 1.39 bits per heavy atom. The first-order chi connectivity index (χ1) is 8.71. The van der Waals surface area contributed by atoms with Crippen molar-refractivity contribution in [2.24, 2.45) is 5.92 Å². The predicted octanol–water partition coefficient (Wildman–Crippen LogP) is 4.35. The molecule has 100 valence electrons. The van der Waals surface area contributed by atoms with E-state index in [9.17, 15) is 0 Å². The molecule has 2 unspecified atom stereocenters. The Hall–Kier alpha value is -1.08. The van der Waals surface area contributed by atoms with E-state index in [2.05, 4.69) is 38.0 Å². The number of nitrogens with zero attached hydrogens (tertiary/aromatic N) is 1. The van der Waals surface area contributed by atoms with Gasteiger partial charge in [0.25, 0.3) is 0 Å². The standard InChI is InChI=1S/C15H21N.C2H6/c1-5-11(4)13(6-2)14-8-12-9-15(14)16(7-3)10-12;1-2/h5-6,8,12,15H,1-2,7,9-10H2,3-4H3;1-2H3/b13-11+;. The molecule has 0 aromatic carbocycles. The first-order valence-electron chi connectivity index (χ1n) is 7.13. The first kappa shape index (κ1) is 15.0. The molecule has 0 aromatic heterocycles. The van der Waals surface area contributed by atoms with E-state index < -0.39 is 0 Å². The molecule has 2 atom stereocenters. The SMILES string of the molecule is C=C/C(C)=C(\C=C)C1=CC2CC1N(CC)C2.CC. The molecule has 0 N–H and O–H groups in total. The van der Waals surface area contributed by atoms with Gasteiger partial charge >= 0.3 is 0 Å². The van der Waals surface area contributed by atoms with E-state index in [0.717, 1.165) is 12.5 Å². The van der Waals surface area contributed by atoms with Crippen LogP contribution < -0.4 is 0 Å². The lowest BCUT2D eigenvalue weighted by atomic mass is 9.96. The second kappa shape index (κ2) is 6.75. The molecule has 18 heavy (non-hydrogen) atoms. The maximum Gasteiger partial charge on any atom is 0.0357 e. The summed E-state index contributed by atoms with van der Waals surface area (Å²) < 4.78 is 0. The van der Waals surface area contributed by atoms with Gasteiger partial charge in [-0.15, -0.1) is 0 Å². The Morgan fingerprint density at radius 3 is 2.50 bits per heavy atom. The minimum Gasteiger partial charge on any atom is -0.296 e. The first-order valence-corrected chi connectivity index (χ1v) is 7.13. The molecule has 0 aromatic rings. The second-order valence-corrected chi connectivity index (χ2v) is 4.73. The van der Waals surface area contributed by atoms with Crippen molar-refractivity contribution in [1.29, 1.82) is 0 Å². The van der Waals surface area contributed by atoms with Crippen LogP contribution in [0.15, 0.2) is 48.1 Å². The minimum atomic E-state index is 0.623. The van der Waals surface area contributed by atoms with Crippen LogP contribution in [0.25, 0.3) is 0 Å². The normalized spacial score (nSPS) is 27.0. The van der Waals surface area contributed by atoms with Gasteiger partial charge in [-0.05, 0) is 42.5 Å². The molecule has 0 saturated carbocycles. The highest BCUT2D eigenvalue weighted by Gasteiger charge is 2.38. The van der Waals surface area contributed by atoms with Crippen LogP contribution in [-0.2, 0) is 0 Å². The van der Waals surface area contributed by atoms with Gasteiger partial charge in [-0.25, -0.2) is 0 Å². The molecule has 0 spiro atoms. The van der Waals surface area contributed by atoms with E-state index in [1.807, 2.05) is 26.0 Å². The largest absolute Gasteiger partial charge is 0.296 e. The van der Waals surface area contributed by atoms with Crippen molar-refractivity contribution < 1.29 is 0 Å². The van der Waals surface area contributed by atoms with E-state index in [4.69, 9.17) is 0 Å². The third-order valence-corrected chi connectivity index (χ3v) is 3.86. The maximum atomic E-state index is 3.94. The zero-order valence-electron chi connectivity index (χ0n) is 12.4. The quantitative estimate of drug-likeness (QED) is 0.666. The minimum absolute atomic E-state index is 0.623. The fraction of sp³-hybridized carbons (Fsp3) is 0.529. The van der Waals surface area contributed by atoms with Gasteiger partial charge in [0.05, 0.1) is 0 Å². The summed E-state index contributed by atoms with van der Waals surface area (Å²) in [5, 5.41) is 0. The topological polar surface area (TPSA) is 3.24 Å². The van der Waals surface area contributed by atoms with Crippen LogP contribution in [-0.4, -0.2) is 24.0 Å². The van der Waals surface area contributed by atoms with Crippen LogP contribution in [0.5, 0.6) is 0 Å². The summed E-state index contributed by atoms with van der Waals surface area (Å²) >= 11 is 0. The zero-order chi connectivity index (χ0) is 13.7. The molecule has 0 radical (unpaired) electrons. The van der Waals surface area contributed by atoms with Crippen LogP contribution in [0, 0.1) is 5.92 Å². The molecular weight excluding hydrogens is 218 g/mol. The third-order valence-electron chi connectivity index (χ3n) is 3.86. The molecule has 1 heterocycles. The molecule has 1 aliphatic heterocycles. The van der Waals surface area contributed by atoms with Crippen molar-refractivity contribution in [3.63, 3.8) is 0 Å². The van der Waals surface area contributed by atoms with Gasteiger partial charge in [0, 0.05) is 12.6 Å². The van der Waals surface area contributed by atoms with Crippen molar-refractivity contribution in [1.82, 2.24) is 4.90 Å². The summed E-state index contributed by atoms with van der Waals surface area (Å²) in [5.74, 6) is 0.757. The Kier molecular flexibility index (Phi) is 5.61. The van der Waals surface area contributed by atoms with Gasteiger partial charge in [0.1, 0.15) is 0 Å².